The quantitative estimate of drug-likeness (QED) is 0.525. The molecule has 8 heteroatoms. The summed E-state index contributed by atoms with van der Waals surface area (Å²) in [4.78, 5) is 35.3. The second-order valence-corrected chi connectivity index (χ2v) is 4.81. The Morgan fingerprint density at radius 3 is 2.70 bits per heavy atom. The van der Waals surface area contributed by atoms with Crippen molar-refractivity contribution in [1.82, 2.24) is 14.4 Å². The monoisotopic (exact) mass is 314 g/mol. The Labute approximate surface area is 131 Å². The van der Waals surface area contributed by atoms with Gasteiger partial charge in [0.2, 0.25) is 6.41 Å². The standard InChI is InChI=1S/C15H14N4O4/c1-17(9-16)14(21)19(15(22)23)7-6-11-8-18(10-20)13-5-3-2-4-12(11)13/h2-5,8,10H,6-7H2,1H3,(H,22,23). The summed E-state index contributed by atoms with van der Waals surface area (Å²) in [7, 11) is 1.19. The highest BCUT2D eigenvalue weighted by Gasteiger charge is 2.24. The van der Waals surface area contributed by atoms with Crippen molar-refractivity contribution < 1.29 is 19.5 Å². The molecule has 1 heterocycles. The van der Waals surface area contributed by atoms with Gasteiger partial charge in [0.25, 0.3) is 0 Å². The van der Waals surface area contributed by atoms with E-state index in [1.165, 1.54) is 11.6 Å². The van der Waals surface area contributed by atoms with Gasteiger partial charge in [-0.1, -0.05) is 18.2 Å². The van der Waals surface area contributed by atoms with E-state index >= 15 is 0 Å². The normalized spacial score (nSPS) is 10.1. The predicted octanol–water partition coefficient (Wildman–Crippen LogP) is 1.73. The van der Waals surface area contributed by atoms with Crippen LogP contribution >= 0.6 is 0 Å². The summed E-state index contributed by atoms with van der Waals surface area (Å²) >= 11 is 0. The first-order chi connectivity index (χ1) is 11.0. The number of carboxylic acid groups (broad SMARTS) is 1. The van der Waals surface area contributed by atoms with E-state index in [2.05, 4.69) is 0 Å². The molecule has 0 atom stereocenters. The predicted molar refractivity (Wildman–Crippen MR) is 81.3 cm³/mol. The van der Waals surface area contributed by atoms with Crippen LogP contribution in [-0.2, 0) is 11.2 Å². The van der Waals surface area contributed by atoms with E-state index in [4.69, 9.17) is 10.4 Å². The molecule has 2 rings (SSSR count). The smallest absolute Gasteiger partial charge is 0.415 e. The number of fused-ring (bicyclic) bond motifs is 1. The lowest BCUT2D eigenvalue weighted by Crippen LogP contribution is -2.43. The van der Waals surface area contributed by atoms with Crippen LogP contribution in [0, 0.1) is 11.5 Å². The summed E-state index contributed by atoms with van der Waals surface area (Å²) < 4.78 is 1.40. The van der Waals surface area contributed by atoms with Crippen LogP contribution in [0.5, 0.6) is 0 Å². The number of aromatic nitrogens is 1. The highest BCUT2D eigenvalue weighted by atomic mass is 16.4. The van der Waals surface area contributed by atoms with Gasteiger partial charge < -0.3 is 5.11 Å². The molecular weight excluding hydrogens is 300 g/mol. The minimum Gasteiger partial charge on any atom is -0.465 e. The summed E-state index contributed by atoms with van der Waals surface area (Å²) in [5, 5.41) is 18.6. The number of urea groups is 1. The number of rotatable bonds is 4. The third-order valence-corrected chi connectivity index (χ3v) is 3.44. The maximum atomic E-state index is 11.8. The Bertz CT molecular complexity index is 805. The lowest BCUT2D eigenvalue weighted by atomic mass is 10.1. The lowest BCUT2D eigenvalue weighted by Gasteiger charge is -2.19. The number of nitriles is 1. The van der Waals surface area contributed by atoms with Crippen LogP contribution in [0.15, 0.2) is 30.5 Å². The van der Waals surface area contributed by atoms with Crippen LogP contribution in [0.2, 0.25) is 0 Å². The fraction of sp³-hybridized carbons (Fsp3) is 0.200. The van der Waals surface area contributed by atoms with E-state index in [9.17, 15) is 14.4 Å². The topological polar surface area (TPSA) is 107 Å². The molecule has 0 radical (unpaired) electrons. The van der Waals surface area contributed by atoms with Crippen LogP contribution in [0.4, 0.5) is 9.59 Å². The molecule has 118 valence electrons. The van der Waals surface area contributed by atoms with Gasteiger partial charge in [-0.2, -0.15) is 5.26 Å². The van der Waals surface area contributed by atoms with Gasteiger partial charge in [0.1, 0.15) is 0 Å². The molecule has 0 aliphatic heterocycles. The van der Waals surface area contributed by atoms with E-state index in [1.54, 1.807) is 24.5 Å². The SMILES string of the molecule is CN(C#N)C(=O)N(CCc1cn(C=O)c2ccccc12)C(=O)O. The Kier molecular flexibility index (Phi) is 4.61. The molecule has 1 N–H and O–H groups in total. The Morgan fingerprint density at radius 2 is 2.09 bits per heavy atom. The molecule has 1 aromatic carbocycles. The first kappa shape index (κ1) is 16.0. The first-order valence-electron chi connectivity index (χ1n) is 6.71. The third kappa shape index (κ3) is 3.13. The van der Waals surface area contributed by atoms with Crippen molar-refractivity contribution in [2.45, 2.75) is 6.42 Å². The summed E-state index contributed by atoms with van der Waals surface area (Å²) in [6.07, 6.45) is 2.64. The first-order valence-corrected chi connectivity index (χ1v) is 6.71. The molecule has 0 aliphatic rings. The van der Waals surface area contributed by atoms with E-state index in [1.807, 2.05) is 12.1 Å². The molecule has 0 aliphatic carbocycles. The van der Waals surface area contributed by atoms with Crippen molar-refractivity contribution >= 4 is 29.4 Å². The highest BCUT2D eigenvalue weighted by Crippen LogP contribution is 2.21. The second-order valence-electron chi connectivity index (χ2n) is 4.81. The number of imide groups is 1. The maximum Gasteiger partial charge on any atom is 0.415 e. The molecule has 0 saturated carbocycles. The highest BCUT2D eigenvalue weighted by molar-refractivity contribution is 5.91. The summed E-state index contributed by atoms with van der Waals surface area (Å²) in [5.74, 6) is 0. The summed E-state index contributed by atoms with van der Waals surface area (Å²) in [5.41, 5.74) is 1.45. The number of carbonyl (C=O) groups excluding carboxylic acids is 2. The van der Waals surface area contributed by atoms with E-state index < -0.39 is 12.1 Å². The van der Waals surface area contributed by atoms with Gasteiger partial charge in [-0.05, 0) is 18.1 Å². The number of amides is 3. The van der Waals surface area contributed by atoms with E-state index in [0.29, 0.717) is 21.7 Å². The van der Waals surface area contributed by atoms with Crippen LogP contribution in [-0.4, -0.2) is 51.6 Å². The fourth-order valence-corrected chi connectivity index (χ4v) is 2.29. The van der Waals surface area contributed by atoms with E-state index in [-0.39, 0.29) is 13.0 Å². The van der Waals surface area contributed by atoms with Gasteiger partial charge in [0, 0.05) is 25.2 Å². The zero-order valence-corrected chi connectivity index (χ0v) is 12.3. The van der Waals surface area contributed by atoms with Gasteiger partial charge in [-0.3, -0.25) is 9.36 Å². The van der Waals surface area contributed by atoms with Gasteiger partial charge in [0.15, 0.2) is 6.19 Å². The molecule has 0 unspecified atom stereocenters. The summed E-state index contributed by atoms with van der Waals surface area (Å²) in [6.45, 7) is -0.118. The van der Waals surface area contributed by atoms with Gasteiger partial charge in [-0.15, -0.1) is 0 Å². The van der Waals surface area contributed by atoms with E-state index in [0.717, 1.165) is 10.9 Å². The molecular formula is C15H14N4O4. The molecule has 8 nitrogen and oxygen atoms in total. The molecule has 3 amide bonds. The summed E-state index contributed by atoms with van der Waals surface area (Å²) in [6, 6.07) is 6.28. The van der Waals surface area contributed by atoms with Crippen LogP contribution in [0.3, 0.4) is 0 Å². The molecule has 23 heavy (non-hydrogen) atoms. The van der Waals surface area contributed by atoms with Crippen molar-refractivity contribution in [3.63, 3.8) is 0 Å². The lowest BCUT2D eigenvalue weighted by molar-refractivity contribution is 0.140. The van der Waals surface area contributed by atoms with Gasteiger partial charge in [0.05, 0.1) is 5.52 Å². The van der Waals surface area contributed by atoms with Crippen LogP contribution in [0.25, 0.3) is 10.9 Å². The molecule has 2 aromatic rings. The molecule has 0 bridgehead atoms. The Morgan fingerprint density at radius 1 is 1.39 bits per heavy atom. The minimum absolute atomic E-state index is 0.118. The van der Waals surface area contributed by atoms with Crippen molar-refractivity contribution in [2.75, 3.05) is 13.6 Å². The molecule has 0 saturated heterocycles. The van der Waals surface area contributed by atoms with Crippen molar-refractivity contribution in [2.24, 2.45) is 0 Å². The van der Waals surface area contributed by atoms with Crippen molar-refractivity contribution in [3.05, 3.63) is 36.0 Å². The largest absolute Gasteiger partial charge is 0.465 e. The second kappa shape index (κ2) is 6.62. The van der Waals surface area contributed by atoms with Crippen LogP contribution in [0.1, 0.15) is 5.56 Å². The van der Waals surface area contributed by atoms with Crippen molar-refractivity contribution in [3.8, 4) is 6.19 Å². The zero-order valence-electron chi connectivity index (χ0n) is 12.3. The number of benzene rings is 1. The third-order valence-electron chi connectivity index (χ3n) is 3.44. The Balaban J connectivity index is 2.25. The molecule has 1 aromatic heterocycles. The number of hydrogen-bond acceptors (Lipinski definition) is 4. The van der Waals surface area contributed by atoms with Gasteiger partial charge >= 0.3 is 12.1 Å². The molecule has 0 fully saturated rings. The average molecular weight is 314 g/mol. The maximum absolute atomic E-state index is 11.8. The average Bonchev–Trinajstić information content (AvgIpc) is 2.92. The van der Waals surface area contributed by atoms with Crippen LogP contribution < -0.4 is 0 Å². The van der Waals surface area contributed by atoms with Crippen molar-refractivity contribution in [1.29, 1.82) is 5.26 Å². The number of para-hydroxylation sites is 1. The number of hydrogen-bond donors (Lipinski definition) is 1. The molecule has 0 spiro atoms. The van der Waals surface area contributed by atoms with Gasteiger partial charge in [-0.25, -0.2) is 19.4 Å². The zero-order chi connectivity index (χ0) is 17.0. The fourth-order valence-electron chi connectivity index (χ4n) is 2.29. The number of nitrogens with zero attached hydrogens (tertiary/aromatic N) is 4. The number of carbonyl (C=O) groups is 3. The Hall–Kier alpha value is -3.34. The minimum atomic E-state index is -1.43.